The van der Waals surface area contributed by atoms with E-state index in [-0.39, 0.29) is 6.03 Å². The number of pyridine rings is 1. The van der Waals surface area contributed by atoms with E-state index >= 15 is 0 Å². The van der Waals surface area contributed by atoms with Gasteiger partial charge in [0, 0.05) is 12.7 Å². The first-order valence-corrected chi connectivity index (χ1v) is 5.74. The first kappa shape index (κ1) is 11.4. The summed E-state index contributed by atoms with van der Waals surface area (Å²) in [6, 6.07) is 5.73. The molecule has 2 amide bonds. The molecule has 0 spiro atoms. The average molecular weight is 232 g/mol. The molecule has 0 aromatic carbocycles. The summed E-state index contributed by atoms with van der Waals surface area (Å²) in [5.74, 6) is 0.826. The van der Waals surface area contributed by atoms with Crippen molar-refractivity contribution in [2.75, 3.05) is 6.54 Å². The van der Waals surface area contributed by atoms with Crippen LogP contribution in [0.1, 0.15) is 19.2 Å². The van der Waals surface area contributed by atoms with E-state index in [1.165, 1.54) is 0 Å². The van der Waals surface area contributed by atoms with Crippen LogP contribution in [-0.4, -0.2) is 22.0 Å². The lowest BCUT2D eigenvalue weighted by molar-refractivity contribution is 0.240. The predicted molar refractivity (Wildman–Crippen MR) is 65.7 cm³/mol. The number of carbonyl (C=O) groups excluding carboxylic acids is 1. The van der Waals surface area contributed by atoms with Gasteiger partial charge in [-0.1, -0.05) is 13.0 Å². The van der Waals surface area contributed by atoms with E-state index in [1.807, 2.05) is 35.7 Å². The lowest BCUT2D eigenvalue weighted by Gasteiger charge is -2.05. The van der Waals surface area contributed by atoms with Crippen LogP contribution in [0.5, 0.6) is 0 Å². The van der Waals surface area contributed by atoms with Gasteiger partial charge in [-0.05, 0) is 18.6 Å². The molecule has 0 aliphatic carbocycles. The van der Waals surface area contributed by atoms with Gasteiger partial charge in [0.15, 0.2) is 0 Å². The monoisotopic (exact) mass is 232 g/mol. The summed E-state index contributed by atoms with van der Waals surface area (Å²) in [4.78, 5) is 15.6. The molecule has 0 atom stereocenters. The maximum absolute atomic E-state index is 11.4. The summed E-state index contributed by atoms with van der Waals surface area (Å²) in [7, 11) is 0. The van der Waals surface area contributed by atoms with Gasteiger partial charge in [-0.15, -0.1) is 0 Å². The van der Waals surface area contributed by atoms with Crippen LogP contribution in [0.15, 0.2) is 30.6 Å². The van der Waals surface area contributed by atoms with Crippen LogP contribution in [0, 0.1) is 0 Å². The Balaban J connectivity index is 1.97. The van der Waals surface area contributed by atoms with Gasteiger partial charge in [0.1, 0.15) is 5.82 Å². The minimum absolute atomic E-state index is 0.153. The quantitative estimate of drug-likeness (QED) is 0.840. The zero-order valence-electron chi connectivity index (χ0n) is 9.81. The van der Waals surface area contributed by atoms with Crippen LogP contribution < -0.4 is 10.6 Å². The number of imidazole rings is 1. The second-order valence-corrected chi connectivity index (χ2v) is 3.78. The van der Waals surface area contributed by atoms with E-state index in [1.54, 1.807) is 6.20 Å². The second kappa shape index (κ2) is 5.34. The van der Waals surface area contributed by atoms with Crippen molar-refractivity contribution in [2.45, 2.75) is 19.9 Å². The number of urea groups is 1. The first-order valence-electron chi connectivity index (χ1n) is 5.74. The maximum Gasteiger partial charge on any atom is 0.315 e. The second-order valence-electron chi connectivity index (χ2n) is 3.78. The molecule has 0 aliphatic heterocycles. The molecule has 0 saturated carbocycles. The van der Waals surface area contributed by atoms with Crippen LogP contribution in [0.2, 0.25) is 0 Å². The molecule has 0 unspecified atom stereocenters. The van der Waals surface area contributed by atoms with Crippen LogP contribution in [0.4, 0.5) is 4.79 Å². The first-order chi connectivity index (χ1) is 8.31. The number of nitrogens with zero attached hydrogens (tertiary/aromatic N) is 2. The summed E-state index contributed by atoms with van der Waals surface area (Å²) in [6.07, 6.45) is 4.66. The van der Waals surface area contributed by atoms with Crippen LogP contribution in [-0.2, 0) is 6.54 Å². The number of rotatable bonds is 4. The molecule has 90 valence electrons. The Kier molecular flexibility index (Phi) is 3.59. The Hall–Kier alpha value is -2.04. The molecule has 2 aromatic heterocycles. The number of carbonyl (C=O) groups is 1. The highest BCUT2D eigenvalue weighted by Crippen LogP contribution is 2.05. The van der Waals surface area contributed by atoms with Crippen molar-refractivity contribution in [3.63, 3.8) is 0 Å². The van der Waals surface area contributed by atoms with E-state index in [0.717, 1.165) is 17.8 Å². The Morgan fingerprint density at radius 2 is 2.29 bits per heavy atom. The van der Waals surface area contributed by atoms with Crippen LogP contribution in [0.3, 0.4) is 0 Å². The summed E-state index contributed by atoms with van der Waals surface area (Å²) >= 11 is 0. The fourth-order valence-electron chi connectivity index (χ4n) is 1.59. The third-order valence-corrected chi connectivity index (χ3v) is 2.46. The van der Waals surface area contributed by atoms with E-state index < -0.39 is 0 Å². The van der Waals surface area contributed by atoms with Gasteiger partial charge in [-0.25, -0.2) is 9.78 Å². The van der Waals surface area contributed by atoms with Gasteiger partial charge in [0.05, 0.1) is 18.3 Å². The molecular weight excluding hydrogens is 216 g/mol. The molecule has 2 N–H and O–H groups in total. The van der Waals surface area contributed by atoms with E-state index in [4.69, 9.17) is 0 Å². The largest absolute Gasteiger partial charge is 0.338 e. The van der Waals surface area contributed by atoms with Crippen molar-refractivity contribution >= 4 is 11.5 Å². The number of hydrogen-bond acceptors (Lipinski definition) is 2. The summed E-state index contributed by atoms with van der Waals surface area (Å²) in [6.45, 7) is 3.13. The number of amides is 2. The van der Waals surface area contributed by atoms with Crippen molar-refractivity contribution < 1.29 is 4.79 Å². The highest BCUT2D eigenvalue weighted by molar-refractivity contribution is 5.73. The van der Waals surface area contributed by atoms with Crippen LogP contribution >= 0.6 is 0 Å². The van der Waals surface area contributed by atoms with Gasteiger partial charge >= 0.3 is 6.03 Å². The molecule has 5 nitrogen and oxygen atoms in total. The lowest BCUT2D eigenvalue weighted by atomic mass is 10.4. The normalized spacial score (nSPS) is 10.4. The molecule has 2 aromatic rings. The van der Waals surface area contributed by atoms with Crippen LogP contribution in [0.25, 0.3) is 5.52 Å². The molecule has 0 bridgehead atoms. The fourth-order valence-corrected chi connectivity index (χ4v) is 1.59. The number of aromatic nitrogens is 2. The van der Waals surface area contributed by atoms with Crippen molar-refractivity contribution in [1.82, 2.24) is 20.0 Å². The topological polar surface area (TPSA) is 58.4 Å². The molecule has 5 heteroatoms. The van der Waals surface area contributed by atoms with Crippen molar-refractivity contribution in [2.24, 2.45) is 0 Å². The molecule has 0 fully saturated rings. The third kappa shape index (κ3) is 2.75. The molecule has 0 radical (unpaired) electrons. The minimum Gasteiger partial charge on any atom is -0.338 e. The summed E-state index contributed by atoms with van der Waals surface area (Å²) in [5.41, 5.74) is 1.03. The Morgan fingerprint density at radius 3 is 3.12 bits per heavy atom. The van der Waals surface area contributed by atoms with Crippen molar-refractivity contribution in [3.8, 4) is 0 Å². The number of hydrogen-bond donors (Lipinski definition) is 2. The zero-order valence-corrected chi connectivity index (χ0v) is 9.81. The van der Waals surface area contributed by atoms with Gasteiger partial charge in [0.25, 0.3) is 0 Å². The molecular formula is C12H16N4O. The van der Waals surface area contributed by atoms with Crippen molar-refractivity contribution in [1.29, 1.82) is 0 Å². The molecule has 0 saturated heterocycles. The third-order valence-electron chi connectivity index (χ3n) is 2.46. The lowest BCUT2D eigenvalue weighted by Crippen LogP contribution is -2.35. The van der Waals surface area contributed by atoms with Gasteiger partial charge in [-0.3, -0.25) is 0 Å². The summed E-state index contributed by atoms with van der Waals surface area (Å²) < 4.78 is 1.96. The maximum atomic E-state index is 11.4. The Morgan fingerprint density at radius 1 is 1.41 bits per heavy atom. The molecule has 2 heterocycles. The fraction of sp³-hybridized carbons (Fsp3) is 0.333. The molecule has 2 rings (SSSR count). The van der Waals surface area contributed by atoms with Gasteiger partial charge in [-0.2, -0.15) is 0 Å². The smallest absolute Gasteiger partial charge is 0.315 e. The minimum atomic E-state index is -0.153. The van der Waals surface area contributed by atoms with E-state index in [2.05, 4.69) is 15.6 Å². The van der Waals surface area contributed by atoms with Gasteiger partial charge < -0.3 is 15.0 Å². The standard InChI is InChI=1S/C12H16N4O/c1-2-6-13-12(17)15-9-11-14-8-10-5-3-4-7-16(10)11/h3-5,7-8H,2,6,9H2,1H3,(H2,13,15,17). The zero-order chi connectivity index (χ0) is 12.1. The SMILES string of the molecule is CCCNC(=O)NCc1ncc2ccccn12. The summed E-state index contributed by atoms with van der Waals surface area (Å²) in [5, 5.41) is 5.53. The average Bonchev–Trinajstić information content (AvgIpc) is 2.77. The highest BCUT2D eigenvalue weighted by Gasteiger charge is 2.04. The Bertz CT molecular complexity index is 506. The van der Waals surface area contributed by atoms with E-state index in [0.29, 0.717) is 13.1 Å². The van der Waals surface area contributed by atoms with Crippen molar-refractivity contribution in [3.05, 3.63) is 36.4 Å². The van der Waals surface area contributed by atoms with Gasteiger partial charge in [0.2, 0.25) is 0 Å². The number of fused-ring (bicyclic) bond motifs is 1. The Labute approximate surface area is 99.9 Å². The predicted octanol–water partition coefficient (Wildman–Crippen LogP) is 1.54. The highest BCUT2D eigenvalue weighted by atomic mass is 16.2. The van der Waals surface area contributed by atoms with E-state index in [9.17, 15) is 4.79 Å². The molecule has 17 heavy (non-hydrogen) atoms. The molecule has 0 aliphatic rings. The number of nitrogens with one attached hydrogen (secondary N) is 2.